The number of nitrogens with two attached hydrogens (primary N) is 1. The van der Waals surface area contributed by atoms with E-state index >= 15 is 0 Å². The molecular formula is C11H16ClN3O. The molecule has 2 N–H and O–H groups in total. The van der Waals surface area contributed by atoms with E-state index in [4.69, 9.17) is 17.3 Å². The van der Waals surface area contributed by atoms with E-state index in [1.807, 2.05) is 13.8 Å². The lowest BCUT2D eigenvalue weighted by atomic mass is 9.73. The van der Waals surface area contributed by atoms with E-state index in [2.05, 4.69) is 5.10 Å². The lowest BCUT2D eigenvalue weighted by Gasteiger charge is -2.36. The van der Waals surface area contributed by atoms with Crippen LogP contribution < -0.4 is 5.73 Å². The van der Waals surface area contributed by atoms with Crippen molar-refractivity contribution in [2.75, 3.05) is 0 Å². The van der Waals surface area contributed by atoms with Gasteiger partial charge in [0.05, 0.1) is 16.8 Å². The van der Waals surface area contributed by atoms with Gasteiger partial charge in [-0.2, -0.15) is 5.10 Å². The van der Waals surface area contributed by atoms with Gasteiger partial charge in [0.15, 0.2) is 0 Å². The van der Waals surface area contributed by atoms with Gasteiger partial charge < -0.3 is 5.73 Å². The van der Waals surface area contributed by atoms with Gasteiger partial charge in [0, 0.05) is 6.04 Å². The zero-order valence-electron chi connectivity index (χ0n) is 9.53. The lowest BCUT2D eigenvalue weighted by Crippen LogP contribution is -2.54. The predicted octanol–water partition coefficient (Wildman–Crippen LogP) is 2.18. The monoisotopic (exact) mass is 241 g/mol. The summed E-state index contributed by atoms with van der Waals surface area (Å²) in [6.07, 6.45) is 4.00. The number of halogens is 1. The third-order valence-corrected chi connectivity index (χ3v) is 3.43. The van der Waals surface area contributed by atoms with Crippen LogP contribution in [0.15, 0.2) is 6.20 Å². The molecule has 0 saturated heterocycles. The van der Waals surface area contributed by atoms with Crippen LogP contribution in [0.25, 0.3) is 0 Å². The molecule has 1 saturated carbocycles. The summed E-state index contributed by atoms with van der Waals surface area (Å²) in [5.74, 6) is -0.0741. The molecule has 1 heterocycles. The van der Waals surface area contributed by atoms with Gasteiger partial charge in [0.2, 0.25) is 5.78 Å². The topological polar surface area (TPSA) is 60.9 Å². The Bertz CT molecular complexity index is 421. The van der Waals surface area contributed by atoms with Gasteiger partial charge in [-0.25, -0.2) is 0 Å². The Morgan fingerprint density at radius 2 is 2.25 bits per heavy atom. The molecule has 0 aliphatic heterocycles. The van der Waals surface area contributed by atoms with Gasteiger partial charge in [-0.15, -0.1) is 0 Å². The van der Waals surface area contributed by atoms with Crippen LogP contribution >= 0.6 is 11.6 Å². The molecule has 0 atom stereocenters. The normalized spacial score (nSPS) is 18.6. The number of carbonyl (C=O) groups is 1. The van der Waals surface area contributed by atoms with Crippen molar-refractivity contribution < 1.29 is 4.79 Å². The van der Waals surface area contributed by atoms with Crippen LogP contribution in [0.1, 0.15) is 49.6 Å². The highest BCUT2D eigenvalue weighted by Gasteiger charge is 2.42. The molecule has 88 valence electrons. The molecule has 1 aromatic heterocycles. The van der Waals surface area contributed by atoms with E-state index in [9.17, 15) is 4.79 Å². The Morgan fingerprint density at radius 3 is 2.69 bits per heavy atom. The molecule has 0 aromatic carbocycles. The fourth-order valence-corrected chi connectivity index (χ4v) is 2.18. The van der Waals surface area contributed by atoms with Crippen LogP contribution in [0.2, 0.25) is 5.02 Å². The number of nitrogens with zero attached hydrogens (tertiary/aromatic N) is 2. The van der Waals surface area contributed by atoms with Gasteiger partial charge in [-0.1, -0.05) is 11.6 Å². The summed E-state index contributed by atoms with van der Waals surface area (Å²) in [6, 6.07) is 0.107. The number of rotatable bonds is 3. The molecular weight excluding hydrogens is 226 g/mol. The summed E-state index contributed by atoms with van der Waals surface area (Å²) in [7, 11) is 0. The van der Waals surface area contributed by atoms with Crippen LogP contribution in [0, 0.1) is 0 Å². The number of carbonyl (C=O) groups excluding carboxylic acids is 1. The van der Waals surface area contributed by atoms with Crippen molar-refractivity contribution in [3.05, 3.63) is 16.9 Å². The van der Waals surface area contributed by atoms with Gasteiger partial charge in [0.25, 0.3) is 0 Å². The highest BCUT2D eigenvalue weighted by atomic mass is 35.5. The van der Waals surface area contributed by atoms with E-state index < -0.39 is 5.54 Å². The zero-order chi connectivity index (χ0) is 11.9. The average Bonchev–Trinajstić information content (AvgIpc) is 2.55. The molecule has 5 heteroatoms. The molecule has 0 bridgehead atoms. The first-order valence-corrected chi connectivity index (χ1v) is 5.90. The van der Waals surface area contributed by atoms with E-state index in [1.165, 1.54) is 6.20 Å². The molecule has 16 heavy (non-hydrogen) atoms. The zero-order valence-corrected chi connectivity index (χ0v) is 10.3. The average molecular weight is 242 g/mol. The summed E-state index contributed by atoms with van der Waals surface area (Å²) in [5.41, 5.74) is 5.77. The maximum atomic E-state index is 12.3. The molecule has 1 aromatic rings. The van der Waals surface area contributed by atoms with Crippen LogP contribution in [0.3, 0.4) is 0 Å². The van der Waals surface area contributed by atoms with E-state index in [1.54, 1.807) is 4.68 Å². The Balaban J connectivity index is 2.39. The minimum Gasteiger partial charge on any atom is -0.319 e. The summed E-state index contributed by atoms with van der Waals surface area (Å²) >= 11 is 6.01. The lowest BCUT2D eigenvalue weighted by molar-refractivity contribution is 0.0787. The Labute approximate surface area is 99.8 Å². The van der Waals surface area contributed by atoms with E-state index in [-0.39, 0.29) is 11.8 Å². The quantitative estimate of drug-likeness (QED) is 0.826. The minimum atomic E-state index is -0.712. The second-order valence-electron chi connectivity index (χ2n) is 4.72. The molecule has 0 unspecified atom stereocenters. The second kappa shape index (κ2) is 3.86. The molecule has 2 rings (SSSR count). The smallest absolute Gasteiger partial charge is 0.202 e. The third-order valence-electron chi connectivity index (χ3n) is 3.15. The van der Waals surface area contributed by atoms with E-state index in [0.717, 1.165) is 19.3 Å². The summed E-state index contributed by atoms with van der Waals surface area (Å²) in [5, 5.41) is 4.52. The highest BCUT2D eigenvalue weighted by Crippen LogP contribution is 2.34. The summed E-state index contributed by atoms with van der Waals surface area (Å²) in [4.78, 5) is 12.3. The number of Topliss-reactive ketones (excluding diaryl/α,β-unsaturated/α-hetero) is 1. The van der Waals surface area contributed by atoms with Crippen molar-refractivity contribution in [1.82, 2.24) is 9.78 Å². The van der Waals surface area contributed by atoms with Crippen LogP contribution in [-0.2, 0) is 0 Å². The molecule has 1 aliphatic carbocycles. The maximum absolute atomic E-state index is 12.3. The molecule has 4 nitrogen and oxygen atoms in total. The standard InChI is InChI=1S/C11H16ClN3O/c1-7(2)15-9(8(12)6-14-15)10(16)11(13)4-3-5-11/h6-7H,3-5,13H2,1-2H3. The molecule has 0 spiro atoms. The first-order chi connectivity index (χ1) is 7.46. The van der Waals surface area contributed by atoms with Crippen LogP contribution in [0.4, 0.5) is 0 Å². The Hall–Kier alpha value is -0.870. The third kappa shape index (κ3) is 1.66. The number of ketones is 1. The highest BCUT2D eigenvalue weighted by molar-refractivity contribution is 6.34. The first-order valence-electron chi connectivity index (χ1n) is 5.52. The fraction of sp³-hybridized carbons (Fsp3) is 0.636. The fourth-order valence-electron chi connectivity index (χ4n) is 1.97. The molecule has 0 amide bonds. The SMILES string of the molecule is CC(C)n1ncc(Cl)c1C(=O)C1(N)CCC1. The van der Waals surface area contributed by atoms with Crippen molar-refractivity contribution in [2.45, 2.75) is 44.7 Å². The number of aromatic nitrogens is 2. The van der Waals surface area contributed by atoms with Gasteiger partial charge in [0.1, 0.15) is 5.69 Å². The molecule has 0 radical (unpaired) electrons. The van der Waals surface area contributed by atoms with E-state index in [0.29, 0.717) is 10.7 Å². The maximum Gasteiger partial charge on any atom is 0.202 e. The second-order valence-corrected chi connectivity index (χ2v) is 5.13. The van der Waals surface area contributed by atoms with Crippen LogP contribution in [-0.4, -0.2) is 21.1 Å². The van der Waals surface area contributed by atoms with Crippen molar-refractivity contribution in [1.29, 1.82) is 0 Å². The Morgan fingerprint density at radius 1 is 1.62 bits per heavy atom. The van der Waals surface area contributed by atoms with Crippen molar-refractivity contribution >= 4 is 17.4 Å². The largest absolute Gasteiger partial charge is 0.319 e. The summed E-state index contributed by atoms with van der Waals surface area (Å²) in [6.45, 7) is 3.92. The van der Waals surface area contributed by atoms with Crippen LogP contribution in [0.5, 0.6) is 0 Å². The Kier molecular flexibility index (Phi) is 2.80. The van der Waals surface area contributed by atoms with Crippen molar-refractivity contribution in [3.63, 3.8) is 0 Å². The van der Waals surface area contributed by atoms with Gasteiger partial charge >= 0.3 is 0 Å². The summed E-state index contributed by atoms with van der Waals surface area (Å²) < 4.78 is 1.65. The minimum absolute atomic E-state index is 0.0741. The van der Waals surface area contributed by atoms with Crippen molar-refractivity contribution in [3.8, 4) is 0 Å². The number of hydrogen-bond donors (Lipinski definition) is 1. The van der Waals surface area contributed by atoms with Gasteiger partial charge in [-0.3, -0.25) is 9.48 Å². The van der Waals surface area contributed by atoms with Crippen molar-refractivity contribution in [2.24, 2.45) is 5.73 Å². The first kappa shape index (κ1) is 11.6. The predicted molar refractivity (Wildman–Crippen MR) is 62.7 cm³/mol. The molecule has 1 aliphatic rings. The number of hydrogen-bond acceptors (Lipinski definition) is 3. The van der Waals surface area contributed by atoms with Gasteiger partial charge in [-0.05, 0) is 33.1 Å². The molecule has 1 fully saturated rings.